The summed E-state index contributed by atoms with van der Waals surface area (Å²) in [6, 6.07) is 17.2. The number of pyridine rings is 2. The van der Waals surface area contributed by atoms with Gasteiger partial charge in [0.2, 0.25) is 0 Å². The third-order valence-electron chi connectivity index (χ3n) is 7.16. The first-order chi connectivity index (χ1) is 20.8. The van der Waals surface area contributed by atoms with Crippen molar-refractivity contribution in [2.45, 2.75) is 13.5 Å². The highest BCUT2D eigenvalue weighted by Gasteiger charge is 2.28. The number of halogens is 2. The molecule has 2 N–H and O–H groups in total. The fraction of sp³-hybridized carbons (Fsp3) is 0.182. The number of carbonyl (C=O) groups excluding carboxylic acids is 1. The lowest BCUT2D eigenvalue weighted by atomic mass is 9.94. The van der Waals surface area contributed by atoms with Crippen LogP contribution in [0.3, 0.4) is 0 Å². The third-order valence-corrected chi connectivity index (χ3v) is 7.16. The zero-order chi connectivity index (χ0) is 30.7. The predicted octanol–water partition coefficient (Wildman–Crippen LogP) is 6.18. The number of nitrogens with zero attached hydrogens (tertiary/aromatic N) is 2. The van der Waals surface area contributed by atoms with Crippen molar-refractivity contribution in [3.63, 3.8) is 0 Å². The molecule has 0 bridgehead atoms. The minimum Gasteiger partial charge on any atom is -0.496 e. The number of methoxy groups -OCH3 is 4. The fourth-order valence-corrected chi connectivity index (χ4v) is 5.00. The molecule has 0 spiro atoms. The highest BCUT2D eigenvalue weighted by Crippen LogP contribution is 2.42. The van der Waals surface area contributed by atoms with Crippen molar-refractivity contribution in [1.29, 1.82) is 0 Å². The summed E-state index contributed by atoms with van der Waals surface area (Å²) < 4.78 is 29.7. The van der Waals surface area contributed by atoms with Gasteiger partial charge in [0.1, 0.15) is 23.8 Å². The second kappa shape index (κ2) is 14.7. The van der Waals surface area contributed by atoms with E-state index in [1.807, 2.05) is 19.1 Å². The summed E-state index contributed by atoms with van der Waals surface area (Å²) in [5, 5.41) is 0.718. The smallest absolute Gasteiger partial charge is 0.355 e. The lowest BCUT2D eigenvalue weighted by molar-refractivity contribution is 0.0591. The molecule has 0 atom stereocenters. The van der Waals surface area contributed by atoms with E-state index in [9.17, 15) is 9.59 Å². The first kappa shape index (κ1) is 34.6. The molecule has 5 aromatic rings. The fourth-order valence-electron chi connectivity index (χ4n) is 5.00. The van der Waals surface area contributed by atoms with Crippen LogP contribution in [-0.2, 0) is 11.3 Å². The van der Waals surface area contributed by atoms with Crippen molar-refractivity contribution >= 4 is 47.2 Å². The number of fused-ring (bicyclic) bond motifs is 1. The molecule has 0 aliphatic carbocycles. The van der Waals surface area contributed by atoms with Crippen LogP contribution in [0.5, 0.6) is 23.0 Å². The molecule has 5 rings (SSSR count). The molecular weight excluding hydrogens is 621 g/mol. The number of hydrogen-bond donors (Lipinski definition) is 1. The van der Waals surface area contributed by atoms with Gasteiger partial charge in [0.25, 0.3) is 5.56 Å². The van der Waals surface area contributed by atoms with Crippen LogP contribution in [0.25, 0.3) is 27.6 Å². The Bertz CT molecular complexity index is 1850. The maximum absolute atomic E-state index is 14.3. The zero-order valence-corrected chi connectivity index (χ0v) is 26.9. The average Bonchev–Trinajstić information content (AvgIpc) is 3.04. The van der Waals surface area contributed by atoms with Gasteiger partial charge < -0.3 is 29.4 Å². The van der Waals surface area contributed by atoms with Crippen molar-refractivity contribution in [1.82, 2.24) is 9.55 Å². The quantitative estimate of drug-likeness (QED) is 0.147. The van der Waals surface area contributed by atoms with Crippen LogP contribution >= 0.6 is 24.8 Å². The van der Waals surface area contributed by atoms with Crippen LogP contribution in [0, 0.1) is 6.92 Å². The molecule has 0 saturated heterocycles. The number of rotatable bonds is 9. The summed E-state index contributed by atoms with van der Waals surface area (Å²) in [7, 11) is 5.87. The number of nitrogen functional groups attached to an aromatic ring is 1. The molecule has 2 heterocycles. The zero-order valence-electron chi connectivity index (χ0n) is 25.3. The first-order valence-corrected chi connectivity index (χ1v) is 13.3. The molecule has 45 heavy (non-hydrogen) atoms. The number of nitrogens with two attached hydrogens (primary N) is 1. The molecule has 236 valence electrons. The lowest BCUT2D eigenvalue weighted by Gasteiger charge is -2.21. The molecule has 0 unspecified atom stereocenters. The van der Waals surface area contributed by atoms with Crippen molar-refractivity contribution in [3.05, 3.63) is 100 Å². The van der Waals surface area contributed by atoms with E-state index in [-0.39, 0.29) is 42.5 Å². The van der Waals surface area contributed by atoms with Crippen LogP contribution in [0.4, 0.5) is 5.69 Å². The number of benzene rings is 3. The van der Waals surface area contributed by atoms with Gasteiger partial charge in [0.05, 0.1) is 33.8 Å². The first-order valence-electron chi connectivity index (χ1n) is 13.3. The normalized spacial score (nSPS) is 10.3. The van der Waals surface area contributed by atoms with Gasteiger partial charge in [0.15, 0.2) is 11.5 Å². The van der Waals surface area contributed by atoms with E-state index in [1.165, 1.54) is 18.8 Å². The van der Waals surface area contributed by atoms with E-state index < -0.39 is 11.5 Å². The molecule has 0 saturated carbocycles. The Morgan fingerprint density at radius 1 is 0.844 bits per heavy atom. The molecule has 10 nitrogen and oxygen atoms in total. The number of anilines is 1. The Morgan fingerprint density at radius 3 is 2.02 bits per heavy atom. The second-order valence-electron chi connectivity index (χ2n) is 9.65. The summed E-state index contributed by atoms with van der Waals surface area (Å²) in [5.74, 6) is 1.05. The molecule has 12 heteroatoms. The topological polar surface area (TPSA) is 124 Å². The summed E-state index contributed by atoms with van der Waals surface area (Å²) >= 11 is 0. The van der Waals surface area contributed by atoms with E-state index in [1.54, 1.807) is 75.1 Å². The van der Waals surface area contributed by atoms with Crippen molar-refractivity contribution in [2.75, 3.05) is 34.2 Å². The molecule has 0 aliphatic rings. The Kier molecular flexibility index (Phi) is 11.3. The van der Waals surface area contributed by atoms with Crippen LogP contribution in [0.2, 0.25) is 0 Å². The van der Waals surface area contributed by atoms with Crippen LogP contribution in [0.15, 0.2) is 77.9 Å². The molecule has 0 aliphatic heterocycles. The standard InChI is InChI=1S/C33H31N3O7.2ClH/c1-19-26(39-2)13-21(14-27(19)40-3)30-24-15-28(41-4)29(43-18-20-7-6-12-35-17-20)16-25(24)32(37)36(31(30)33(38)42-5)23-10-8-22(34)9-11-23;;/h6-17H,18,34H2,1-5H3;2*1H. The summed E-state index contributed by atoms with van der Waals surface area (Å²) in [6.45, 7) is 2.06. The maximum atomic E-state index is 14.3. The van der Waals surface area contributed by atoms with Gasteiger partial charge in [-0.2, -0.15) is 0 Å². The molecular formula is C33H33Cl2N3O7. The van der Waals surface area contributed by atoms with Crippen LogP contribution < -0.4 is 30.2 Å². The largest absolute Gasteiger partial charge is 0.496 e. The summed E-state index contributed by atoms with van der Waals surface area (Å²) in [4.78, 5) is 32.1. The number of aromatic nitrogens is 2. The van der Waals surface area contributed by atoms with Crippen molar-refractivity contribution in [3.8, 4) is 39.8 Å². The minimum absolute atomic E-state index is 0. The maximum Gasteiger partial charge on any atom is 0.355 e. The number of hydrogen-bond acceptors (Lipinski definition) is 9. The summed E-state index contributed by atoms with van der Waals surface area (Å²) in [5.41, 5.74) is 8.98. The average molecular weight is 655 g/mol. The third kappa shape index (κ3) is 6.62. The molecule has 2 aromatic heterocycles. The second-order valence-corrected chi connectivity index (χ2v) is 9.65. The molecule has 3 aromatic carbocycles. The number of esters is 1. The van der Waals surface area contributed by atoms with Crippen LogP contribution in [0.1, 0.15) is 21.6 Å². The monoisotopic (exact) mass is 653 g/mol. The van der Waals surface area contributed by atoms with Gasteiger partial charge in [-0.25, -0.2) is 4.79 Å². The van der Waals surface area contributed by atoms with Crippen molar-refractivity contribution < 1.29 is 28.5 Å². The van der Waals surface area contributed by atoms with Crippen LogP contribution in [-0.4, -0.2) is 44.0 Å². The Morgan fingerprint density at radius 2 is 1.47 bits per heavy atom. The van der Waals surface area contributed by atoms with E-state index in [2.05, 4.69) is 4.98 Å². The van der Waals surface area contributed by atoms with Gasteiger partial charge in [-0.1, -0.05) is 6.07 Å². The number of ether oxygens (including phenoxy) is 5. The van der Waals surface area contributed by atoms with E-state index in [4.69, 9.17) is 29.4 Å². The molecule has 0 radical (unpaired) electrons. The molecule has 0 fully saturated rings. The SMILES string of the molecule is COC(=O)c1c(-c2cc(OC)c(C)c(OC)c2)c2cc(OC)c(OCc3cccnc3)cc2c(=O)n1-c1ccc(N)cc1.Cl.Cl. The Balaban J connectivity index is 0.00000276. The lowest BCUT2D eigenvalue weighted by Crippen LogP contribution is -2.27. The predicted molar refractivity (Wildman–Crippen MR) is 178 cm³/mol. The summed E-state index contributed by atoms with van der Waals surface area (Å²) in [6.07, 6.45) is 3.37. The van der Waals surface area contributed by atoms with Gasteiger partial charge in [-0.3, -0.25) is 14.3 Å². The van der Waals surface area contributed by atoms with Gasteiger partial charge in [-0.15, -0.1) is 24.8 Å². The van der Waals surface area contributed by atoms with E-state index in [0.717, 1.165) is 11.1 Å². The number of carbonyl (C=O) groups is 1. The minimum atomic E-state index is -0.722. The van der Waals surface area contributed by atoms with E-state index in [0.29, 0.717) is 50.9 Å². The highest BCUT2D eigenvalue weighted by molar-refractivity contribution is 6.08. The van der Waals surface area contributed by atoms with Gasteiger partial charge in [-0.05, 0) is 67.1 Å². The Hall–Kier alpha value is -4.93. The van der Waals surface area contributed by atoms with Gasteiger partial charge in [0, 0.05) is 45.8 Å². The highest BCUT2D eigenvalue weighted by atomic mass is 35.5. The van der Waals surface area contributed by atoms with Crippen molar-refractivity contribution in [2.24, 2.45) is 0 Å². The molecule has 0 amide bonds. The van der Waals surface area contributed by atoms with E-state index >= 15 is 0 Å². The van der Waals surface area contributed by atoms with Gasteiger partial charge >= 0.3 is 5.97 Å². The Labute approximate surface area is 272 Å².